The van der Waals surface area contributed by atoms with Gasteiger partial charge >= 0.3 is 0 Å². The molecule has 0 fully saturated rings. The maximum Gasteiger partial charge on any atom is 0.293 e. The molecule has 0 saturated carbocycles. The molecule has 0 atom stereocenters. The summed E-state index contributed by atoms with van der Waals surface area (Å²) in [6, 6.07) is 1.94. The lowest BCUT2D eigenvalue weighted by atomic mass is 10.2. The highest BCUT2D eigenvalue weighted by Gasteiger charge is 2.09. The number of aldehydes is 1. The predicted octanol–water partition coefficient (Wildman–Crippen LogP) is 2.66. The van der Waals surface area contributed by atoms with E-state index in [4.69, 9.17) is 0 Å². The van der Waals surface area contributed by atoms with Crippen LogP contribution in [0.5, 0.6) is 0 Å². The third-order valence-electron chi connectivity index (χ3n) is 3.79. The van der Waals surface area contributed by atoms with Crippen LogP contribution in [0.3, 0.4) is 0 Å². The Morgan fingerprint density at radius 1 is 1.21 bits per heavy atom. The van der Waals surface area contributed by atoms with Crippen LogP contribution < -0.4 is 5.32 Å². The summed E-state index contributed by atoms with van der Waals surface area (Å²) >= 11 is 0. The second kappa shape index (κ2) is 19.6. The summed E-state index contributed by atoms with van der Waals surface area (Å²) in [5, 5.41) is 2.94. The van der Waals surface area contributed by atoms with Gasteiger partial charge in [0.2, 0.25) is 5.91 Å². The average Bonchev–Trinajstić information content (AvgIpc) is 3.03. The minimum absolute atomic E-state index is 0.0152. The van der Waals surface area contributed by atoms with E-state index in [0.717, 1.165) is 49.3 Å². The first-order valence-corrected chi connectivity index (χ1v) is 10.2. The Morgan fingerprint density at radius 2 is 1.89 bits per heavy atom. The monoisotopic (exact) mass is 397 g/mol. The lowest BCUT2D eigenvalue weighted by Gasteiger charge is -2.19. The molecule has 1 aromatic heterocycles. The van der Waals surface area contributed by atoms with Gasteiger partial charge in [-0.15, -0.1) is 0 Å². The molecule has 1 heterocycles. The standard InChI is InChI=1S/C16H27N3O2.C3H6O2.C2H6/c1-4-8-19(5-2)9-7-17-16(21)12-14-11-13(3)15(18-14)6-10-20;1-2-5-3-4;1-2/h10-11,18H,4-9,12H2,1-3H3,(H,17,21);3H,2H2,1H3;1-2H3. The van der Waals surface area contributed by atoms with Gasteiger partial charge in [0, 0.05) is 30.9 Å². The predicted molar refractivity (Wildman–Crippen MR) is 113 cm³/mol. The lowest BCUT2D eigenvalue weighted by molar-refractivity contribution is -0.128. The number of hydrogen-bond donors (Lipinski definition) is 2. The van der Waals surface area contributed by atoms with Gasteiger partial charge in [0.05, 0.1) is 13.0 Å². The van der Waals surface area contributed by atoms with Crippen LogP contribution in [0.4, 0.5) is 0 Å². The van der Waals surface area contributed by atoms with Crippen molar-refractivity contribution in [2.24, 2.45) is 0 Å². The number of carbonyl (C=O) groups excluding carboxylic acids is 3. The first-order valence-electron chi connectivity index (χ1n) is 10.2. The zero-order valence-electron chi connectivity index (χ0n) is 18.5. The van der Waals surface area contributed by atoms with Gasteiger partial charge < -0.3 is 24.7 Å². The summed E-state index contributed by atoms with van der Waals surface area (Å²) in [4.78, 5) is 37.1. The van der Waals surface area contributed by atoms with E-state index in [2.05, 4.69) is 33.8 Å². The first-order chi connectivity index (χ1) is 13.5. The van der Waals surface area contributed by atoms with Crippen LogP contribution in [0.25, 0.3) is 0 Å². The van der Waals surface area contributed by atoms with Crippen LogP contribution in [0.1, 0.15) is 58.0 Å². The molecule has 1 rings (SSSR count). The van der Waals surface area contributed by atoms with E-state index in [0.29, 0.717) is 32.5 Å². The zero-order valence-corrected chi connectivity index (χ0v) is 18.5. The number of nitrogens with one attached hydrogen (secondary N) is 2. The van der Waals surface area contributed by atoms with Crippen molar-refractivity contribution < 1.29 is 19.1 Å². The minimum Gasteiger partial charge on any atom is -0.468 e. The Morgan fingerprint density at radius 3 is 2.36 bits per heavy atom. The van der Waals surface area contributed by atoms with Gasteiger partial charge in [0.25, 0.3) is 6.47 Å². The topological polar surface area (TPSA) is 91.5 Å². The van der Waals surface area contributed by atoms with Gasteiger partial charge in [-0.25, -0.2) is 0 Å². The number of rotatable bonds is 12. The smallest absolute Gasteiger partial charge is 0.293 e. The van der Waals surface area contributed by atoms with Crippen LogP contribution in [0.2, 0.25) is 0 Å². The second-order valence-electron chi connectivity index (χ2n) is 5.84. The fraction of sp³-hybridized carbons (Fsp3) is 0.667. The van der Waals surface area contributed by atoms with Crippen molar-refractivity contribution in [1.82, 2.24) is 15.2 Å². The molecule has 0 aliphatic carbocycles. The van der Waals surface area contributed by atoms with Crippen molar-refractivity contribution in [2.75, 3.05) is 32.8 Å². The van der Waals surface area contributed by atoms with Crippen molar-refractivity contribution in [3.05, 3.63) is 23.0 Å². The molecular formula is C21H39N3O4. The molecule has 2 N–H and O–H groups in total. The van der Waals surface area contributed by atoms with Crippen molar-refractivity contribution in [3.63, 3.8) is 0 Å². The number of aryl methyl sites for hydroxylation is 1. The van der Waals surface area contributed by atoms with Crippen molar-refractivity contribution in [1.29, 1.82) is 0 Å². The second-order valence-corrected chi connectivity index (χ2v) is 5.84. The van der Waals surface area contributed by atoms with E-state index >= 15 is 0 Å². The highest BCUT2D eigenvalue weighted by Crippen LogP contribution is 2.10. The van der Waals surface area contributed by atoms with E-state index in [-0.39, 0.29) is 5.91 Å². The summed E-state index contributed by atoms with van der Waals surface area (Å²) in [5.74, 6) is 0.0152. The van der Waals surface area contributed by atoms with Gasteiger partial charge in [0.1, 0.15) is 6.29 Å². The first kappa shape index (κ1) is 28.1. The Hall–Kier alpha value is -2.15. The average molecular weight is 398 g/mol. The summed E-state index contributed by atoms with van der Waals surface area (Å²) in [5.41, 5.74) is 2.79. The Kier molecular flexibility index (Phi) is 19.7. The molecule has 0 saturated heterocycles. The van der Waals surface area contributed by atoms with Crippen molar-refractivity contribution in [3.8, 4) is 0 Å². The van der Waals surface area contributed by atoms with E-state index < -0.39 is 0 Å². The number of ether oxygens (including phenoxy) is 1. The molecule has 7 nitrogen and oxygen atoms in total. The number of nitrogens with zero attached hydrogens (tertiary/aromatic N) is 1. The van der Waals surface area contributed by atoms with Crippen molar-refractivity contribution in [2.45, 2.75) is 60.8 Å². The maximum absolute atomic E-state index is 11.9. The van der Waals surface area contributed by atoms with E-state index in [1.807, 2.05) is 26.8 Å². The Bertz CT molecular complexity index is 530. The number of likely N-dealkylation sites (N-methyl/N-ethyl adjacent to an activating group) is 1. The largest absolute Gasteiger partial charge is 0.468 e. The summed E-state index contributed by atoms with van der Waals surface area (Å²) in [6.45, 7) is 16.5. The van der Waals surface area contributed by atoms with Crippen LogP contribution in [-0.4, -0.2) is 61.3 Å². The molecule has 0 unspecified atom stereocenters. The fourth-order valence-corrected chi connectivity index (χ4v) is 2.47. The zero-order chi connectivity index (χ0) is 21.8. The molecule has 28 heavy (non-hydrogen) atoms. The van der Waals surface area contributed by atoms with Gasteiger partial charge in [-0.3, -0.25) is 9.59 Å². The van der Waals surface area contributed by atoms with Crippen LogP contribution in [-0.2, 0) is 32.0 Å². The van der Waals surface area contributed by atoms with Gasteiger partial charge in [-0.2, -0.15) is 0 Å². The summed E-state index contributed by atoms with van der Waals surface area (Å²) < 4.78 is 4.15. The third kappa shape index (κ3) is 14.0. The molecule has 0 spiro atoms. The van der Waals surface area contributed by atoms with E-state index in [1.165, 1.54) is 0 Å². The van der Waals surface area contributed by atoms with E-state index in [9.17, 15) is 14.4 Å². The Labute approximate surface area is 170 Å². The molecule has 0 radical (unpaired) electrons. The normalized spacial score (nSPS) is 9.54. The number of aromatic amines is 1. The quantitative estimate of drug-likeness (QED) is 0.529. The number of aromatic nitrogens is 1. The molecule has 0 bridgehead atoms. The molecule has 0 aliphatic heterocycles. The van der Waals surface area contributed by atoms with Crippen LogP contribution in [0.15, 0.2) is 6.07 Å². The fourth-order valence-electron chi connectivity index (χ4n) is 2.47. The van der Waals surface area contributed by atoms with Gasteiger partial charge in [-0.1, -0.05) is 27.7 Å². The minimum atomic E-state index is 0.0152. The van der Waals surface area contributed by atoms with Gasteiger partial charge in [0.15, 0.2) is 0 Å². The Balaban J connectivity index is 0. The summed E-state index contributed by atoms with van der Waals surface area (Å²) in [6.07, 6.45) is 2.70. The van der Waals surface area contributed by atoms with E-state index in [1.54, 1.807) is 6.92 Å². The SMILES string of the molecule is CC.CCCN(CC)CCNC(=O)Cc1cc(C)c(CC=O)[nH]1.CCOC=O. The molecule has 7 heteroatoms. The number of amides is 1. The number of carbonyl (C=O) groups is 3. The molecule has 1 amide bonds. The highest BCUT2D eigenvalue weighted by atomic mass is 16.5. The third-order valence-corrected chi connectivity index (χ3v) is 3.79. The molecule has 1 aromatic rings. The van der Waals surface area contributed by atoms with Crippen LogP contribution in [0, 0.1) is 6.92 Å². The summed E-state index contributed by atoms with van der Waals surface area (Å²) in [7, 11) is 0. The van der Waals surface area contributed by atoms with Crippen molar-refractivity contribution >= 4 is 18.7 Å². The lowest BCUT2D eigenvalue weighted by Crippen LogP contribution is -2.35. The number of H-pyrrole nitrogens is 1. The number of hydrogen-bond acceptors (Lipinski definition) is 5. The molecule has 0 aliphatic rings. The maximum atomic E-state index is 11.9. The highest BCUT2D eigenvalue weighted by molar-refractivity contribution is 5.78. The molecule has 162 valence electrons. The van der Waals surface area contributed by atoms with Crippen LogP contribution >= 0.6 is 0 Å². The molecule has 0 aromatic carbocycles. The molecular weight excluding hydrogens is 358 g/mol. The van der Waals surface area contributed by atoms with Gasteiger partial charge in [-0.05, 0) is 45.0 Å².